The first kappa shape index (κ1) is 12.1. The quantitative estimate of drug-likeness (QED) is 0.800. The van der Waals surface area contributed by atoms with Crippen molar-refractivity contribution in [3.05, 3.63) is 22.7 Å². The summed E-state index contributed by atoms with van der Waals surface area (Å²) in [5.74, 6) is 0.653. The maximum absolute atomic E-state index is 12.0. The molecule has 2 rings (SSSR count). The van der Waals surface area contributed by atoms with E-state index in [0.717, 1.165) is 0 Å². The van der Waals surface area contributed by atoms with E-state index in [2.05, 4.69) is 20.2 Å². The standard InChI is InChI=1S/C10H15N7O/c1-3-16-8(11)7(9(18)17(16)4-2)14-15-10-12-5-6-13-10/h5-6H,3-4,11H2,1-2H3,(H,12,13). The van der Waals surface area contributed by atoms with Gasteiger partial charge in [-0.25, -0.2) is 9.67 Å². The number of H-pyrrole nitrogens is 1. The molecule has 2 heterocycles. The number of nitrogen functional groups attached to an aromatic ring is 1. The Labute approximate surface area is 103 Å². The van der Waals surface area contributed by atoms with Crippen LogP contribution >= 0.6 is 0 Å². The molecule has 0 aliphatic rings. The van der Waals surface area contributed by atoms with Crippen LogP contribution in [0.3, 0.4) is 0 Å². The second-order valence-corrected chi connectivity index (χ2v) is 3.58. The summed E-state index contributed by atoms with van der Waals surface area (Å²) in [5.41, 5.74) is 5.79. The highest BCUT2D eigenvalue weighted by molar-refractivity contribution is 5.56. The first-order valence-electron chi connectivity index (χ1n) is 5.69. The smallest absolute Gasteiger partial charge is 0.296 e. The maximum atomic E-state index is 12.0. The lowest BCUT2D eigenvalue weighted by molar-refractivity contribution is 0.483. The van der Waals surface area contributed by atoms with Gasteiger partial charge < -0.3 is 10.7 Å². The Morgan fingerprint density at radius 2 is 2.06 bits per heavy atom. The molecule has 0 unspecified atom stereocenters. The van der Waals surface area contributed by atoms with Crippen LogP contribution in [0.4, 0.5) is 17.5 Å². The number of aromatic nitrogens is 4. The summed E-state index contributed by atoms with van der Waals surface area (Å²) in [6.45, 7) is 4.92. The number of hydrogen-bond acceptors (Lipinski definition) is 5. The molecule has 8 nitrogen and oxygen atoms in total. The molecule has 2 aromatic heterocycles. The Balaban J connectivity index is 2.46. The normalized spacial score (nSPS) is 11.4. The van der Waals surface area contributed by atoms with Crippen molar-refractivity contribution in [3.63, 3.8) is 0 Å². The molecule has 0 amide bonds. The zero-order valence-corrected chi connectivity index (χ0v) is 10.3. The number of rotatable bonds is 4. The zero-order chi connectivity index (χ0) is 13.1. The van der Waals surface area contributed by atoms with Gasteiger partial charge in [0.1, 0.15) is 0 Å². The van der Waals surface area contributed by atoms with Crippen LogP contribution in [0.2, 0.25) is 0 Å². The first-order valence-corrected chi connectivity index (χ1v) is 5.69. The van der Waals surface area contributed by atoms with Crippen molar-refractivity contribution < 1.29 is 0 Å². The molecule has 0 bridgehead atoms. The van der Waals surface area contributed by atoms with Crippen molar-refractivity contribution in [3.8, 4) is 0 Å². The van der Waals surface area contributed by atoms with Crippen LogP contribution in [0, 0.1) is 0 Å². The highest BCUT2D eigenvalue weighted by atomic mass is 16.1. The Hall–Kier alpha value is -2.38. The van der Waals surface area contributed by atoms with Crippen molar-refractivity contribution in [2.24, 2.45) is 10.2 Å². The van der Waals surface area contributed by atoms with Crippen molar-refractivity contribution in [2.75, 3.05) is 5.73 Å². The number of nitrogens with one attached hydrogen (secondary N) is 1. The lowest BCUT2D eigenvalue weighted by atomic mass is 10.5. The average molecular weight is 249 g/mol. The van der Waals surface area contributed by atoms with Crippen LogP contribution in [0.15, 0.2) is 27.4 Å². The largest absolute Gasteiger partial charge is 0.382 e. The molecule has 8 heteroatoms. The summed E-state index contributed by atoms with van der Waals surface area (Å²) < 4.78 is 3.21. The van der Waals surface area contributed by atoms with Crippen LogP contribution in [-0.2, 0) is 13.1 Å². The lowest BCUT2D eigenvalue weighted by Crippen LogP contribution is -2.21. The lowest BCUT2D eigenvalue weighted by Gasteiger charge is -2.07. The topological polar surface area (TPSA) is 106 Å². The predicted molar refractivity (Wildman–Crippen MR) is 67.2 cm³/mol. The fraction of sp³-hybridized carbons (Fsp3) is 0.400. The van der Waals surface area contributed by atoms with Gasteiger partial charge in [-0.2, -0.15) is 0 Å². The molecule has 0 saturated carbocycles. The molecular weight excluding hydrogens is 234 g/mol. The third-order valence-corrected chi connectivity index (χ3v) is 2.58. The monoisotopic (exact) mass is 249 g/mol. The molecular formula is C10H15N7O. The van der Waals surface area contributed by atoms with Gasteiger partial charge in [0.25, 0.3) is 5.56 Å². The number of hydrogen-bond donors (Lipinski definition) is 2. The van der Waals surface area contributed by atoms with Crippen molar-refractivity contribution in [2.45, 2.75) is 26.9 Å². The van der Waals surface area contributed by atoms with Gasteiger partial charge in [-0.1, -0.05) is 0 Å². The predicted octanol–water partition coefficient (Wildman–Crippen LogP) is 1.41. The van der Waals surface area contributed by atoms with E-state index in [1.165, 1.54) is 4.68 Å². The van der Waals surface area contributed by atoms with Crippen LogP contribution in [-0.4, -0.2) is 19.3 Å². The number of nitrogens with zero attached hydrogens (tertiary/aromatic N) is 5. The van der Waals surface area contributed by atoms with E-state index in [1.807, 2.05) is 13.8 Å². The van der Waals surface area contributed by atoms with Crippen molar-refractivity contribution in [1.82, 2.24) is 19.3 Å². The number of aromatic amines is 1. The molecule has 0 radical (unpaired) electrons. The SMILES string of the molecule is CCn1c(N)c(N=Nc2ncc[nH]2)c(=O)n1CC. The summed E-state index contributed by atoms with van der Waals surface area (Å²) in [7, 11) is 0. The fourth-order valence-corrected chi connectivity index (χ4v) is 1.75. The number of imidazole rings is 1. The van der Waals surface area contributed by atoms with Gasteiger partial charge in [-0.15, -0.1) is 10.2 Å². The second kappa shape index (κ2) is 4.86. The Bertz CT molecular complexity index is 605. The van der Waals surface area contributed by atoms with E-state index in [-0.39, 0.29) is 11.2 Å². The van der Waals surface area contributed by atoms with Gasteiger partial charge in [0.2, 0.25) is 5.95 Å². The van der Waals surface area contributed by atoms with E-state index in [4.69, 9.17) is 5.73 Å². The molecule has 0 aliphatic heterocycles. The summed E-state index contributed by atoms with van der Waals surface area (Å²) in [6, 6.07) is 0. The van der Waals surface area contributed by atoms with E-state index < -0.39 is 0 Å². The number of nitrogens with two attached hydrogens (primary N) is 1. The van der Waals surface area contributed by atoms with E-state index in [0.29, 0.717) is 24.9 Å². The van der Waals surface area contributed by atoms with Gasteiger partial charge >= 0.3 is 0 Å². The molecule has 0 saturated heterocycles. The van der Waals surface area contributed by atoms with Crippen LogP contribution in [0.25, 0.3) is 0 Å². The van der Waals surface area contributed by atoms with Gasteiger partial charge in [0.15, 0.2) is 11.5 Å². The van der Waals surface area contributed by atoms with Crippen molar-refractivity contribution in [1.29, 1.82) is 0 Å². The highest BCUT2D eigenvalue weighted by Crippen LogP contribution is 2.20. The average Bonchev–Trinajstić information content (AvgIpc) is 2.94. The summed E-state index contributed by atoms with van der Waals surface area (Å²) in [5, 5.41) is 7.71. The molecule has 3 N–H and O–H groups in total. The Kier molecular flexibility index (Phi) is 3.26. The molecule has 96 valence electrons. The number of anilines is 1. The molecule has 0 atom stereocenters. The zero-order valence-electron chi connectivity index (χ0n) is 10.3. The van der Waals surface area contributed by atoms with Crippen LogP contribution in [0.5, 0.6) is 0 Å². The molecule has 2 aromatic rings. The van der Waals surface area contributed by atoms with Crippen molar-refractivity contribution >= 4 is 17.5 Å². The van der Waals surface area contributed by atoms with Crippen LogP contribution in [0.1, 0.15) is 13.8 Å². The summed E-state index contributed by atoms with van der Waals surface area (Å²) >= 11 is 0. The van der Waals surface area contributed by atoms with E-state index >= 15 is 0 Å². The number of azo groups is 1. The highest BCUT2D eigenvalue weighted by Gasteiger charge is 2.15. The fourth-order valence-electron chi connectivity index (χ4n) is 1.75. The molecule has 0 aliphatic carbocycles. The first-order chi connectivity index (χ1) is 8.69. The summed E-state index contributed by atoms with van der Waals surface area (Å²) in [4.78, 5) is 18.7. The minimum Gasteiger partial charge on any atom is -0.382 e. The molecule has 0 fully saturated rings. The Morgan fingerprint density at radius 3 is 2.56 bits per heavy atom. The van der Waals surface area contributed by atoms with E-state index in [9.17, 15) is 4.79 Å². The second-order valence-electron chi connectivity index (χ2n) is 3.58. The van der Waals surface area contributed by atoms with Gasteiger partial charge in [-0.3, -0.25) is 9.48 Å². The van der Waals surface area contributed by atoms with Gasteiger partial charge in [-0.05, 0) is 13.8 Å². The van der Waals surface area contributed by atoms with Gasteiger partial charge in [0.05, 0.1) is 0 Å². The maximum Gasteiger partial charge on any atom is 0.296 e. The minimum atomic E-state index is -0.243. The molecule has 0 spiro atoms. The van der Waals surface area contributed by atoms with Crippen LogP contribution < -0.4 is 11.3 Å². The Morgan fingerprint density at radius 1 is 1.33 bits per heavy atom. The summed E-state index contributed by atoms with van der Waals surface area (Å²) in [6.07, 6.45) is 3.18. The van der Waals surface area contributed by atoms with Gasteiger partial charge in [0, 0.05) is 25.5 Å². The molecule has 0 aromatic carbocycles. The third-order valence-electron chi connectivity index (χ3n) is 2.58. The minimum absolute atomic E-state index is 0.148. The van der Waals surface area contributed by atoms with E-state index in [1.54, 1.807) is 17.1 Å². The third kappa shape index (κ3) is 1.92. The molecule has 18 heavy (non-hydrogen) atoms.